The van der Waals surface area contributed by atoms with Crippen LogP contribution in [0.2, 0.25) is 0 Å². The quantitative estimate of drug-likeness (QED) is 0.903. The third-order valence-electron chi connectivity index (χ3n) is 4.43. The number of benzene rings is 1. The Kier molecular flexibility index (Phi) is 4.64. The minimum absolute atomic E-state index is 0.0944. The number of para-hydroxylation sites is 1. The number of hydrogen-bond acceptors (Lipinski definition) is 4. The number of β-amino-alcohol motifs (C(OH)–C–C–N with tert-alkyl or cyclic N) is 1. The molecule has 3 rings (SSSR count). The standard InChI is InChI=1S/C17H24N2O3/c1-13-5-2-3-7-16(13)22-15-10-19(11-15)17(21)12-18-8-4-6-14(20)9-18/h2-3,5,7,14-15,20H,4,6,8-12H2,1H3/t14-/m1/s1. The van der Waals surface area contributed by atoms with Gasteiger partial charge in [0.05, 0.1) is 25.7 Å². The van der Waals surface area contributed by atoms with Crippen molar-refractivity contribution < 1.29 is 14.6 Å². The second-order valence-corrected chi connectivity index (χ2v) is 6.34. The average Bonchev–Trinajstić information content (AvgIpc) is 2.44. The van der Waals surface area contributed by atoms with Gasteiger partial charge in [0, 0.05) is 6.54 Å². The van der Waals surface area contributed by atoms with Crippen LogP contribution in [0.5, 0.6) is 5.75 Å². The number of aliphatic hydroxyl groups is 1. The van der Waals surface area contributed by atoms with E-state index in [1.54, 1.807) is 0 Å². The normalized spacial score (nSPS) is 23.2. The molecule has 0 spiro atoms. The molecule has 22 heavy (non-hydrogen) atoms. The molecule has 0 aromatic heterocycles. The fourth-order valence-corrected chi connectivity index (χ4v) is 3.05. The van der Waals surface area contributed by atoms with Crippen LogP contribution in [0.25, 0.3) is 0 Å². The molecule has 1 aromatic carbocycles. The Labute approximate surface area is 131 Å². The molecule has 0 saturated carbocycles. The zero-order valence-electron chi connectivity index (χ0n) is 13.1. The van der Waals surface area contributed by atoms with Gasteiger partial charge in [0.1, 0.15) is 11.9 Å². The molecule has 1 amide bonds. The highest BCUT2D eigenvalue weighted by Gasteiger charge is 2.33. The first-order valence-electron chi connectivity index (χ1n) is 8.02. The number of piperidine rings is 1. The lowest BCUT2D eigenvalue weighted by atomic mass is 10.1. The van der Waals surface area contributed by atoms with Gasteiger partial charge < -0.3 is 14.7 Å². The number of rotatable bonds is 4. The molecule has 120 valence electrons. The van der Waals surface area contributed by atoms with Crippen LogP contribution in [0.4, 0.5) is 0 Å². The van der Waals surface area contributed by atoms with Crippen LogP contribution in [0.1, 0.15) is 18.4 Å². The Hall–Kier alpha value is -1.59. The van der Waals surface area contributed by atoms with Crippen molar-refractivity contribution in [3.8, 4) is 5.75 Å². The van der Waals surface area contributed by atoms with E-state index in [2.05, 4.69) is 0 Å². The number of amides is 1. The summed E-state index contributed by atoms with van der Waals surface area (Å²) in [6, 6.07) is 7.95. The second kappa shape index (κ2) is 6.67. The summed E-state index contributed by atoms with van der Waals surface area (Å²) in [6.45, 7) is 5.27. The van der Waals surface area contributed by atoms with E-state index in [-0.39, 0.29) is 18.1 Å². The number of aliphatic hydroxyl groups excluding tert-OH is 1. The molecule has 1 N–H and O–H groups in total. The summed E-state index contributed by atoms with van der Waals surface area (Å²) in [5.41, 5.74) is 1.12. The topological polar surface area (TPSA) is 53.0 Å². The molecule has 1 aromatic rings. The van der Waals surface area contributed by atoms with E-state index in [1.807, 2.05) is 41.0 Å². The average molecular weight is 304 g/mol. The van der Waals surface area contributed by atoms with E-state index in [0.29, 0.717) is 26.2 Å². The van der Waals surface area contributed by atoms with Crippen LogP contribution in [0.15, 0.2) is 24.3 Å². The summed E-state index contributed by atoms with van der Waals surface area (Å²) in [5.74, 6) is 1.04. The predicted octanol–water partition coefficient (Wildman–Crippen LogP) is 1.04. The van der Waals surface area contributed by atoms with Gasteiger partial charge in [-0.1, -0.05) is 18.2 Å². The molecular formula is C17H24N2O3. The fraction of sp³-hybridized carbons (Fsp3) is 0.588. The SMILES string of the molecule is Cc1ccccc1OC1CN(C(=O)CN2CCC[C@@H](O)C2)C1. The highest BCUT2D eigenvalue weighted by Crippen LogP contribution is 2.22. The third kappa shape index (κ3) is 3.59. The molecule has 0 radical (unpaired) electrons. The number of aryl methyl sites for hydroxylation is 1. The second-order valence-electron chi connectivity index (χ2n) is 6.34. The Balaban J connectivity index is 1.43. The number of likely N-dealkylation sites (tertiary alicyclic amines) is 2. The predicted molar refractivity (Wildman–Crippen MR) is 83.9 cm³/mol. The Morgan fingerprint density at radius 1 is 1.32 bits per heavy atom. The Morgan fingerprint density at radius 3 is 2.82 bits per heavy atom. The van der Waals surface area contributed by atoms with E-state index >= 15 is 0 Å². The minimum Gasteiger partial charge on any atom is -0.486 e. The lowest BCUT2D eigenvalue weighted by Crippen LogP contribution is -2.58. The van der Waals surface area contributed by atoms with Crippen LogP contribution >= 0.6 is 0 Å². The molecule has 2 heterocycles. The van der Waals surface area contributed by atoms with Gasteiger partial charge in [0.15, 0.2) is 0 Å². The van der Waals surface area contributed by atoms with Crippen LogP contribution in [0, 0.1) is 6.92 Å². The summed E-state index contributed by atoms with van der Waals surface area (Å²) in [4.78, 5) is 16.1. The molecule has 1 atom stereocenters. The zero-order valence-corrected chi connectivity index (χ0v) is 13.1. The molecule has 2 fully saturated rings. The van der Waals surface area contributed by atoms with Gasteiger partial charge in [-0.15, -0.1) is 0 Å². The van der Waals surface area contributed by atoms with Gasteiger partial charge in [-0.2, -0.15) is 0 Å². The molecule has 0 unspecified atom stereocenters. The lowest BCUT2D eigenvalue weighted by molar-refractivity contribution is -0.141. The monoisotopic (exact) mass is 304 g/mol. The summed E-state index contributed by atoms with van der Waals surface area (Å²) in [6.07, 6.45) is 1.63. The first kappa shape index (κ1) is 15.3. The largest absolute Gasteiger partial charge is 0.486 e. The van der Waals surface area contributed by atoms with E-state index in [4.69, 9.17) is 4.74 Å². The Bertz CT molecular complexity index is 528. The van der Waals surface area contributed by atoms with Crippen LogP contribution in [-0.2, 0) is 4.79 Å². The van der Waals surface area contributed by atoms with Crippen molar-refractivity contribution in [3.05, 3.63) is 29.8 Å². The van der Waals surface area contributed by atoms with Crippen molar-refractivity contribution in [3.63, 3.8) is 0 Å². The van der Waals surface area contributed by atoms with Crippen LogP contribution in [-0.4, -0.2) is 65.7 Å². The summed E-state index contributed by atoms with van der Waals surface area (Å²) in [7, 11) is 0. The van der Waals surface area contributed by atoms with E-state index in [9.17, 15) is 9.90 Å². The van der Waals surface area contributed by atoms with Crippen LogP contribution in [0.3, 0.4) is 0 Å². The molecule has 0 bridgehead atoms. The van der Waals surface area contributed by atoms with E-state index in [1.165, 1.54) is 0 Å². The Morgan fingerprint density at radius 2 is 2.09 bits per heavy atom. The summed E-state index contributed by atoms with van der Waals surface area (Å²) < 4.78 is 5.92. The molecule has 2 saturated heterocycles. The van der Waals surface area contributed by atoms with Gasteiger partial charge in [0.25, 0.3) is 0 Å². The zero-order chi connectivity index (χ0) is 15.5. The highest BCUT2D eigenvalue weighted by atomic mass is 16.5. The van der Waals surface area contributed by atoms with Gasteiger partial charge in [0.2, 0.25) is 5.91 Å². The minimum atomic E-state index is -0.282. The lowest BCUT2D eigenvalue weighted by Gasteiger charge is -2.40. The van der Waals surface area contributed by atoms with Crippen molar-refractivity contribution in [1.29, 1.82) is 0 Å². The van der Waals surface area contributed by atoms with Crippen molar-refractivity contribution in [2.24, 2.45) is 0 Å². The maximum Gasteiger partial charge on any atom is 0.237 e. The third-order valence-corrected chi connectivity index (χ3v) is 4.43. The number of carbonyl (C=O) groups is 1. The molecule has 2 aliphatic rings. The van der Waals surface area contributed by atoms with E-state index in [0.717, 1.165) is 30.7 Å². The van der Waals surface area contributed by atoms with E-state index < -0.39 is 0 Å². The smallest absolute Gasteiger partial charge is 0.237 e. The summed E-state index contributed by atoms with van der Waals surface area (Å²) >= 11 is 0. The van der Waals surface area contributed by atoms with Crippen molar-refractivity contribution in [2.45, 2.75) is 32.0 Å². The molecular weight excluding hydrogens is 280 g/mol. The van der Waals surface area contributed by atoms with Gasteiger partial charge in [-0.25, -0.2) is 0 Å². The van der Waals surface area contributed by atoms with Crippen molar-refractivity contribution >= 4 is 5.91 Å². The molecule has 0 aliphatic carbocycles. The van der Waals surface area contributed by atoms with Gasteiger partial charge in [-0.3, -0.25) is 9.69 Å². The molecule has 2 aliphatic heterocycles. The first-order valence-corrected chi connectivity index (χ1v) is 8.02. The molecule has 5 nitrogen and oxygen atoms in total. The van der Waals surface area contributed by atoms with Crippen LogP contribution < -0.4 is 4.74 Å². The highest BCUT2D eigenvalue weighted by molar-refractivity contribution is 5.79. The molecule has 5 heteroatoms. The van der Waals surface area contributed by atoms with Gasteiger partial charge in [-0.05, 0) is 37.9 Å². The maximum atomic E-state index is 12.2. The maximum absolute atomic E-state index is 12.2. The van der Waals surface area contributed by atoms with Gasteiger partial charge >= 0.3 is 0 Å². The van der Waals surface area contributed by atoms with Crippen molar-refractivity contribution in [1.82, 2.24) is 9.80 Å². The number of ether oxygens (including phenoxy) is 1. The number of carbonyl (C=O) groups excluding carboxylic acids is 1. The first-order chi connectivity index (χ1) is 10.6. The number of nitrogens with zero attached hydrogens (tertiary/aromatic N) is 2. The summed E-state index contributed by atoms with van der Waals surface area (Å²) in [5, 5.41) is 9.65. The van der Waals surface area contributed by atoms with Crippen molar-refractivity contribution in [2.75, 3.05) is 32.7 Å². The fourth-order valence-electron chi connectivity index (χ4n) is 3.05. The number of hydrogen-bond donors (Lipinski definition) is 1.